The zero-order valence-electron chi connectivity index (χ0n) is 12.7. The van der Waals surface area contributed by atoms with Crippen molar-refractivity contribution in [3.8, 4) is 0 Å². The van der Waals surface area contributed by atoms with Crippen LogP contribution in [-0.2, 0) is 0 Å². The van der Waals surface area contributed by atoms with Crippen LogP contribution < -0.4 is 5.32 Å². The van der Waals surface area contributed by atoms with Crippen molar-refractivity contribution >= 4 is 33.8 Å². The molecule has 3 rings (SSSR count). The van der Waals surface area contributed by atoms with Gasteiger partial charge in [0.1, 0.15) is 0 Å². The highest BCUT2D eigenvalue weighted by molar-refractivity contribution is 7.17. The molecule has 0 radical (unpaired) electrons. The average molecular weight is 345 g/mol. The van der Waals surface area contributed by atoms with Crippen molar-refractivity contribution < 1.29 is 14.5 Å². The number of anilines is 1. The summed E-state index contributed by atoms with van der Waals surface area (Å²) in [5, 5.41) is 13.2. The summed E-state index contributed by atoms with van der Waals surface area (Å²) in [5.74, 6) is -0.411. The van der Waals surface area contributed by atoms with Gasteiger partial charge < -0.3 is 10.2 Å². The summed E-state index contributed by atoms with van der Waals surface area (Å²) in [6, 6.07) is 9.38. The quantitative estimate of drug-likeness (QED) is 0.680. The van der Waals surface area contributed by atoms with E-state index in [-0.39, 0.29) is 15.8 Å². The predicted molar refractivity (Wildman–Crippen MR) is 90.5 cm³/mol. The van der Waals surface area contributed by atoms with E-state index in [1.54, 1.807) is 24.3 Å². The van der Waals surface area contributed by atoms with E-state index in [1.807, 2.05) is 4.90 Å². The minimum absolute atomic E-state index is 0.000687. The van der Waals surface area contributed by atoms with Crippen LogP contribution in [0.25, 0.3) is 0 Å². The Hall–Kier alpha value is -2.74. The summed E-state index contributed by atoms with van der Waals surface area (Å²) in [5.41, 5.74) is 1.12. The van der Waals surface area contributed by atoms with Gasteiger partial charge in [0.05, 0.1) is 9.80 Å². The maximum absolute atomic E-state index is 12.2. The molecule has 1 aliphatic heterocycles. The minimum Gasteiger partial charge on any atom is -0.339 e. The minimum atomic E-state index is -0.528. The first kappa shape index (κ1) is 16.1. The van der Waals surface area contributed by atoms with Gasteiger partial charge in [0.25, 0.3) is 11.8 Å². The first-order valence-electron chi connectivity index (χ1n) is 7.49. The molecule has 1 N–H and O–H groups in total. The molecule has 0 saturated carbocycles. The number of benzene rings is 1. The summed E-state index contributed by atoms with van der Waals surface area (Å²) in [6.07, 6.45) is 2.07. The fourth-order valence-electron chi connectivity index (χ4n) is 2.54. The van der Waals surface area contributed by atoms with Crippen LogP contribution in [0.2, 0.25) is 0 Å². The highest BCUT2D eigenvalue weighted by Crippen LogP contribution is 2.25. The van der Waals surface area contributed by atoms with Crippen LogP contribution in [0.5, 0.6) is 0 Å². The highest BCUT2D eigenvalue weighted by Gasteiger charge is 2.19. The van der Waals surface area contributed by atoms with Crippen LogP contribution in [0.1, 0.15) is 32.9 Å². The van der Waals surface area contributed by atoms with Crippen molar-refractivity contribution in [2.75, 3.05) is 18.4 Å². The lowest BCUT2D eigenvalue weighted by molar-refractivity contribution is -0.380. The van der Waals surface area contributed by atoms with E-state index >= 15 is 0 Å². The molecule has 0 unspecified atom stereocenters. The molecule has 0 bridgehead atoms. The zero-order chi connectivity index (χ0) is 17.1. The van der Waals surface area contributed by atoms with Gasteiger partial charge in [0, 0.05) is 30.4 Å². The van der Waals surface area contributed by atoms with E-state index in [2.05, 4.69) is 5.32 Å². The van der Waals surface area contributed by atoms with Crippen molar-refractivity contribution in [3.05, 3.63) is 57.0 Å². The van der Waals surface area contributed by atoms with E-state index in [9.17, 15) is 19.7 Å². The lowest BCUT2D eigenvalue weighted by Gasteiger charge is -2.15. The number of nitrogens with one attached hydrogen (secondary N) is 1. The van der Waals surface area contributed by atoms with Crippen LogP contribution in [0.4, 0.5) is 10.7 Å². The molecule has 7 nitrogen and oxygen atoms in total. The number of likely N-dealkylation sites (tertiary alicyclic amines) is 1. The summed E-state index contributed by atoms with van der Waals surface area (Å²) in [6.45, 7) is 1.57. The molecule has 0 spiro atoms. The molecule has 1 aliphatic rings. The zero-order valence-corrected chi connectivity index (χ0v) is 13.5. The van der Waals surface area contributed by atoms with Gasteiger partial charge in [-0.05, 0) is 43.2 Å². The maximum atomic E-state index is 12.2. The van der Waals surface area contributed by atoms with Gasteiger partial charge in [-0.25, -0.2) is 0 Å². The molecule has 1 saturated heterocycles. The molecule has 1 fully saturated rings. The van der Waals surface area contributed by atoms with Gasteiger partial charge in [-0.2, -0.15) is 0 Å². The lowest BCUT2D eigenvalue weighted by atomic mass is 10.2. The van der Waals surface area contributed by atoms with Gasteiger partial charge in [0.15, 0.2) is 0 Å². The first-order valence-corrected chi connectivity index (χ1v) is 8.31. The number of thiophene rings is 1. The van der Waals surface area contributed by atoms with E-state index in [1.165, 1.54) is 12.1 Å². The molecule has 24 heavy (non-hydrogen) atoms. The van der Waals surface area contributed by atoms with Crippen LogP contribution in [0.3, 0.4) is 0 Å². The van der Waals surface area contributed by atoms with Crippen LogP contribution in [0.15, 0.2) is 36.4 Å². The third-order valence-corrected chi connectivity index (χ3v) is 4.81. The summed E-state index contributed by atoms with van der Waals surface area (Å²) in [7, 11) is 0. The normalized spacial score (nSPS) is 13.8. The molecule has 0 aliphatic carbocycles. The Morgan fingerprint density at radius 3 is 2.33 bits per heavy atom. The molecule has 1 aromatic heterocycles. The van der Waals surface area contributed by atoms with Crippen LogP contribution >= 0.6 is 11.3 Å². The third kappa shape index (κ3) is 3.43. The summed E-state index contributed by atoms with van der Waals surface area (Å²) >= 11 is 0.821. The van der Waals surface area contributed by atoms with Crippen molar-refractivity contribution in [3.63, 3.8) is 0 Å². The second-order valence-electron chi connectivity index (χ2n) is 5.43. The highest BCUT2D eigenvalue weighted by atomic mass is 32.1. The molecule has 0 atom stereocenters. The molecular weight excluding hydrogens is 330 g/mol. The molecule has 2 amide bonds. The van der Waals surface area contributed by atoms with E-state index in [0.717, 1.165) is 37.3 Å². The van der Waals surface area contributed by atoms with Gasteiger partial charge in [0.2, 0.25) is 0 Å². The fraction of sp³-hybridized carbons (Fsp3) is 0.250. The average Bonchev–Trinajstić information content (AvgIpc) is 3.26. The van der Waals surface area contributed by atoms with Gasteiger partial charge in [-0.15, -0.1) is 0 Å². The standard InChI is InChI=1S/C16H15N3O4S/c20-15(13-7-8-14(24-13)19(22)23)17-12-5-3-11(4-6-12)16(21)18-9-1-2-10-18/h3-8H,1-2,9-10H2,(H,17,20). The first-order chi connectivity index (χ1) is 11.5. The SMILES string of the molecule is O=C(Nc1ccc(C(=O)N2CCCC2)cc1)c1ccc([N+](=O)[O-])s1. The van der Waals surface area contributed by atoms with Crippen molar-refractivity contribution in [2.24, 2.45) is 0 Å². The molecule has 8 heteroatoms. The number of hydrogen-bond donors (Lipinski definition) is 1. The Labute approximate surface area is 142 Å². The van der Waals surface area contributed by atoms with Crippen LogP contribution in [-0.4, -0.2) is 34.7 Å². The molecule has 2 heterocycles. The van der Waals surface area contributed by atoms with E-state index in [4.69, 9.17) is 0 Å². The summed E-state index contributed by atoms with van der Waals surface area (Å²) in [4.78, 5) is 36.5. The predicted octanol–water partition coefficient (Wildman–Crippen LogP) is 3.14. The molecule has 2 aromatic rings. The number of rotatable bonds is 4. The number of nitro groups is 1. The Balaban J connectivity index is 1.65. The van der Waals surface area contributed by atoms with Crippen molar-refractivity contribution in [1.29, 1.82) is 0 Å². The number of hydrogen-bond acceptors (Lipinski definition) is 5. The molecule has 1 aromatic carbocycles. The number of nitrogens with zero attached hydrogens (tertiary/aromatic N) is 2. The van der Waals surface area contributed by atoms with Gasteiger partial charge in [-0.1, -0.05) is 11.3 Å². The van der Waals surface area contributed by atoms with Gasteiger partial charge >= 0.3 is 5.00 Å². The smallest absolute Gasteiger partial charge is 0.324 e. The number of carbonyl (C=O) groups excluding carboxylic acids is 2. The fourth-order valence-corrected chi connectivity index (χ4v) is 3.26. The maximum Gasteiger partial charge on any atom is 0.324 e. The molecule has 124 valence electrons. The Morgan fingerprint density at radius 2 is 1.75 bits per heavy atom. The second-order valence-corrected chi connectivity index (χ2v) is 6.49. The topological polar surface area (TPSA) is 92.6 Å². The molecular formula is C16H15N3O4S. The lowest BCUT2D eigenvalue weighted by Crippen LogP contribution is -2.27. The summed E-state index contributed by atoms with van der Waals surface area (Å²) < 4.78 is 0. The van der Waals surface area contributed by atoms with E-state index < -0.39 is 10.8 Å². The van der Waals surface area contributed by atoms with Crippen molar-refractivity contribution in [1.82, 2.24) is 4.90 Å². The number of carbonyl (C=O) groups is 2. The van der Waals surface area contributed by atoms with Gasteiger partial charge in [-0.3, -0.25) is 19.7 Å². The Kier molecular flexibility index (Phi) is 4.57. The second kappa shape index (κ2) is 6.79. The van der Waals surface area contributed by atoms with Crippen molar-refractivity contribution in [2.45, 2.75) is 12.8 Å². The Morgan fingerprint density at radius 1 is 1.08 bits per heavy atom. The third-order valence-electron chi connectivity index (χ3n) is 3.78. The van der Waals surface area contributed by atoms with Crippen LogP contribution in [0, 0.1) is 10.1 Å². The monoisotopic (exact) mass is 345 g/mol. The van der Waals surface area contributed by atoms with E-state index in [0.29, 0.717) is 11.3 Å². The number of amides is 2. The Bertz CT molecular complexity index is 779. The largest absolute Gasteiger partial charge is 0.339 e.